The van der Waals surface area contributed by atoms with Gasteiger partial charge >= 0.3 is 0 Å². The predicted octanol–water partition coefficient (Wildman–Crippen LogP) is 3.29. The Morgan fingerprint density at radius 2 is 1.84 bits per heavy atom. The Balaban J connectivity index is 1.31. The summed E-state index contributed by atoms with van der Waals surface area (Å²) >= 11 is 0. The molecule has 0 bridgehead atoms. The molecular weight excluding hydrogens is 395 g/mol. The number of amides is 1. The van der Waals surface area contributed by atoms with E-state index in [0.717, 1.165) is 50.0 Å². The van der Waals surface area contributed by atoms with Crippen molar-refractivity contribution in [3.63, 3.8) is 0 Å². The van der Waals surface area contributed by atoms with Gasteiger partial charge in [-0.05, 0) is 48.8 Å². The maximum atomic E-state index is 12.9. The molecule has 0 atom stereocenters. The van der Waals surface area contributed by atoms with Crippen molar-refractivity contribution in [2.24, 2.45) is 0 Å². The monoisotopic (exact) mass is 424 g/mol. The van der Waals surface area contributed by atoms with Crippen LogP contribution in [0.25, 0.3) is 11.4 Å². The molecule has 3 aromatic rings. The van der Waals surface area contributed by atoms with E-state index in [-0.39, 0.29) is 11.7 Å². The van der Waals surface area contributed by atoms with Crippen molar-refractivity contribution in [3.05, 3.63) is 66.0 Å². The molecule has 0 aliphatic carbocycles. The van der Waals surface area contributed by atoms with Crippen molar-refractivity contribution >= 4 is 5.91 Å². The lowest BCUT2D eigenvalue weighted by Gasteiger charge is -2.19. The second-order valence-electron chi connectivity index (χ2n) is 7.41. The molecule has 0 saturated heterocycles. The Morgan fingerprint density at radius 3 is 2.58 bits per heavy atom. The molecule has 0 radical (unpaired) electrons. The van der Waals surface area contributed by atoms with E-state index in [4.69, 9.17) is 0 Å². The average molecular weight is 425 g/mol. The lowest BCUT2D eigenvalue weighted by molar-refractivity contribution is -0.122. The Labute approximate surface area is 182 Å². The summed E-state index contributed by atoms with van der Waals surface area (Å²) in [7, 11) is 0. The van der Waals surface area contributed by atoms with Crippen LogP contribution in [0.4, 0.5) is 4.39 Å². The normalized spacial score (nSPS) is 11.1. The molecule has 1 aromatic heterocycles. The summed E-state index contributed by atoms with van der Waals surface area (Å²) in [6, 6.07) is 16.0. The van der Waals surface area contributed by atoms with Gasteiger partial charge in [-0.15, -0.1) is 10.2 Å². The standard InChI is InChI=1S/C23H29FN6O/c1-2-29(18-22(31)25-17-19-11-13-21(24)14-12-19)15-7-4-8-16-30-27-23(26-28-30)20-9-5-3-6-10-20/h3,5-6,9-14H,2,4,7-8,15-18H2,1H3,(H,25,31). The van der Waals surface area contributed by atoms with Gasteiger partial charge < -0.3 is 5.32 Å². The van der Waals surface area contributed by atoms with Crippen LogP contribution in [-0.4, -0.2) is 50.6 Å². The molecule has 1 amide bonds. The first-order valence-electron chi connectivity index (χ1n) is 10.7. The minimum Gasteiger partial charge on any atom is -0.351 e. The van der Waals surface area contributed by atoms with Gasteiger partial charge in [-0.1, -0.05) is 55.8 Å². The number of unbranched alkanes of at least 4 members (excludes halogenated alkanes) is 2. The summed E-state index contributed by atoms with van der Waals surface area (Å²) in [6.45, 7) is 5.23. The van der Waals surface area contributed by atoms with Gasteiger partial charge in [-0.25, -0.2) is 4.39 Å². The minimum atomic E-state index is -0.275. The fourth-order valence-corrected chi connectivity index (χ4v) is 3.22. The molecule has 0 unspecified atom stereocenters. The molecule has 7 nitrogen and oxygen atoms in total. The molecule has 1 N–H and O–H groups in total. The Morgan fingerprint density at radius 1 is 1.06 bits per heavy atom. The van der Waals surface area contributed by atoms with E-state index in [2.05, 4.69) is 32.6 Å². The first-order valence-corrected chi connectivity index (χ1v) is 10.7. The van der Waals surface area contributed by atoms with Crippen molar-refractivity contribution in [1.29, 1.82) is 0 Å². The number of carbonyl (C=O) groups excluding carboxylic acids is 1. The molecule has 31 heavy (non-hydrogen) atoms. The average Bonchev–Trinajstić information content (AvgIpc) is 3.27. The van der Waals surface area contributed by atoms with Crippen molar-refractivity contribution < 1.29 is 9.18 Å². The number of likely N-dealkylation sites (N-methyl/N-ethyl adjacent to an activating group) is 1. The zero-order valence-corrected chi connectivity index (χ0v) is 17.9. The summed E-state index contributed by atoms with van der Waals surface area (Å²) in [5.41, 5.74) is 1.85. The number of aromatic nitrogens is 4. The van der Waals surface area contributed by atoms with Crippen LogP contribution in [0.3, 0.4) is 0 Å². The highest BCUT2D eigenvalue weighted by Crippen LogP contribution is 2.12. The molecule has 8 heteroatoms. The van der Waals surface area contributed by atoms with Crippen LogP contribution in [0.15, 0.2) is 54.6 Å². The van der Waals surface area contributed by atoms with E-state index >= 15 is 0 Å². The van der Waals surface area contributed by atoms with Gasteiger partial charge in [0.1, 0.15) is 5.82 Å². The van der Waals surface area contributed by atoms with Gasteiger partial charge in [-0.2, -0.15) is 4.80 Å². The zero-order chi connectivity index (χ0) is 21.9. The highest BCUT2D eigenvalue weighted by Gasteiger charge is 2.09. The lowest BCUT2D eigenvalue weighted by atomic mass is 10.2. The Hall–Kier alpha value is -3.13. The molecule has 0 spiro atoms. The SMILES string of the molecule is CCN(CCCCCn1nnc(-c2ccccc2)n1)CC(=O)NCc1ccc(F)cc1. The van der Waals surface area contributed by atoms with Crippen molar-refractivity contribution in [1.82, 2.24) is 30.4 Å². The highest BCUT2D eigenvalue weighted by molar-refractivity contribution is 5.78. The number of hydrogen-bond donors (Lipinski definition) is 1. The highest BCUT2D eigenvalue weighted by atomic mass is 19.1. The first kappa shape index (κ1) is 22.6. The summed E-state index contributed by atoms with van der Waals surface area (Å²) in [4.78, 5) is 16.0. The third-order valence-electron chi connectivity index (χ3n) is 5.03. The molecule has 3 rings (SSSR count). The summed E-state index contributed by atoms with van der Waals surface area (Å²) in [5, 5.41) is 15.6. The van der Waals surface area contributed by atoms with Gasteiger partial charge in [-0.3, -0.25) is 9.69 Å². The minimum absolute atomic E-state index is 0.0218. The molecule has 0 fully saturated rings. The molecule has 0 aliphatic heterocycles. The quantitative estimate of drug-likeness (QED) is 0.452. The van der Waals surface area contributed by atoms with E-state index in [0.29, 0.717) is 18.9 Å². The van der Waals surface area contributed by atoms with Gasteiger partial charge in [0.2, 0.25) is 11.7 Å². The summed E-state index contributed by atoms with van der Waals surface area (Å²) in [6.07, 6.45) is 2.98. The lowest BCUT2D eigenvalue weighted by Crippen LogP contribution is -2.37. The van der Waals surface area contributed by atoms with E-state index in [1.807, 2.05) is 30.3 Å². The predicted molar refractivity (Wildman–Crippen MR) is 117 cm³/mol. The Kier molecular flexibility index (Phi) is 8.66. The second kappa shape index (κ2) is 11.9. The number of rotatable bonds is 12. The van der Waals surface area contributed by atoms with Gasteiger partial charge in [0.15, 0.2) is 0 Å². The van der Waals surface area contributed by atoms with Crippen LogP contribution in [0.5, 0.6) is 0 Å². The molecular formula is C23H29FN6O. The maximum absolute atomic E-state index is 12.9. The summed E-state index contributed by atoms with van der Waals surface area (Å²) in [5.74, 6) is 0.347. The summed E-state index contributed by atoms with van der Waals surface area (Å²) < 4.78 is 12.9. The maximum Gasteiger partial charge on any atom is 0.234 e. The molecule has 0 aliphatic rings. The molecule has 0 saturated carbocycles. The van der Waals surface area contributed by atoms with Gasteiger partial charge in [0.05, 0.1) is 13.1 Å². The van der Waals surface area contributed by atoms with Crippen LogP contribution >= 0.6 is 0 Å². The molecule has 2 aromatic carbocycles. The van der Waals surface area contributed by atoms with E-state index in [1.165, 1.54) is 12.1 Å². The number of nitrogens with zero attached hydrogens (tertiary/aromatic N) is 5. The van der Waals surface area contributed by atoms with Crippen LogP contribution in [0.2, 0.25) is 0 Å². The van der Waals surface area contributed by atoms with E-state index in [1.54, 1.807) is 16.9 Å². The van der Waals surface area contributed by atoms with Gasteiger partial charge in [0.25, 0.3) is 0 Å². The first-order chi connectivity index (χ1) is 15.1. The van der Waals surface area contributed by atoms with E-state index in [9.17, 15) is 9.18 Å². The molecule has 1 heterocycles. The number of hydrogen-bond acceptors (Lipinski definition) is 5. The van der Waals surface area contributed by atoms with Crippen LogP contribution in [0.1, 0.15) is 31.7 Å². The van der Waals surface area contributed by atoms with Crippen LogP contribution in [0, 0.1) is 5.82 Å². The molecule has 164 valence electrons. The van der Waals surface area contributed by atoms with Crippen LogP contribution < -0.4 is 5.32 Å². The van der Waals surface area contributed by atoms with Gasteiger partial charge in [0, 0.05) is 12.1 Å². The third kappa shape index (κ3) is 7.57. The second-order valence-corrected chi connectivity index (χ2v) is 7.41. The van der Waals surface area contributed by atoms with E-state index < -0.39 is 0 Å². The largest absolute Gasteiger partial charge is 0.351 e. The van der Waals surface area contributed by atoms with Crippen molar-refractivity contribution in [2.45, 2.75) is 39.3 Å². The number of halogens is 1. The number of aryl methyl sites for hydroxylation is 1. The Bertz CT molecular complexity index is 929. The van der Waals surface area contributed by atoms with Crippen molar-refractivity contribution in [3.8, 4) is 11.4 Å². The zero-order valence-electron chi connectivity index (χ0n) is 17.9. The number of tetrazole rings is 1. The number of carbonyl (C=O) groups is 1. The topological polar surface area (TPSA) is 75.9 Å². The van der Waals surface area contributed by atoms with Crippen molar-refractivity contribution in [2.75, 3.05) is 19.6 Å². The van der Waals surface area contributed by atoms with Crippen LogP contribution in [-0.2, 0) is 17.9 Å². The smallest absolute Gasteiger partial charge is 0.234 e. The number of benzene rings is 2. The fourth-order valence-electron chi connectivity index (χ4n) is 3.22. The third-order valence-corrected chi connectivity index (χ3v) is 5.03. The number of nitrogens with one attached hydrogen (secondary N) is 1. The fraction of sp³-hybridized carbons (Fsp3) is 0.391.